The number of hydrogen-bond donors (Lipinski definition) is 1. The molecule has 1 amide bonds. The molecule has 1 heterocycles. The number of aliphatic carboxylic acids is 1. The minimum atomic E-state index is -1.15. The Morgan fingerprint density at radius 1 is 1.19 bits per heavy atom. The number of carbonyl (C=O) groups is 2. The summed E-state index contributed by atoms with van der Waals surface area (Å²) in [7, 11) is 1.58. The van der Waals surface area contributed by atoms with E-state index in [9.17, 15) is 20.0 Å². The number of aromatic nitrogens is 2. The van der Waals surface area contributed by atoms with Gasteiger partial charge >= 0.3 is 5.97 Å². The Hall–Kier alpha value is -4.32. The summed E-state index contributed by atoms with van der Waals surface area (Å²) in [5.41, 5.74) is 1.79. The van der Waals surface area contributed by atoms with Crippen LogP contribution in [0.1, 0.15) is 55.7 Å². The van der Waals surface area contributed by atoms with E-state index in [4.69, 9.17) is 9.47 Å². The number of methoxy groups -OCH3 is 1. The number of ether oxygens (including phenoxy) is 2. The van der Waals surface area contributed by atoms with Crippen molar-refractivity contribution in [3.8, 4) is 23.3 Å². The average Bonchev–Trinajstić information content (AvgIpc) is 3.26. The van der Waals surface area contributed by atoms with Gasteiger partial charge in [-0.15, -0.1) is 0 Å². The minimum absolute atomic E-state index is 0.119. The van der Waals surface area contributed by atoms with Crippen molar-refractivity contribution in [2.24, 2.45) is 5.41 Å². The maximum Gasteiger partial charge on any atom is 0.326 e. The molecule has 9 heteroatoms. The third-order valence-electron chi connectivity index (χ3n) is 5.69. The van der Waals surface area contributed by atoms with Gasteiger partial charge in [0.25, 0.3) is 5.91 Å². The van der Waals surface area contributed by atoms with Crippen molar-refractivity contribution < 1.29 is 24.2 Å². The maximum absolute atomic E-state index is 13.8. The molecule has 0 saturated heterocycles. The minimum Gasteiger partial charge on any atom is -0.497 e. The number of anilines is 1. The van der Waals surface area contributed by atoms with E-state index in [0.717, 1.165) is 0 Å². The topological polar surface area (TPSA) is 118 Å². The fourth-order valence-electron chi connectivity index (χ4n) is 3.75. The van der Waals surface area contributed by atoms with Crippen LogP contribution in [0.2, 0.25) is 0 Å². The Kier molecular flexibility index (Phi) is 8.23. The smallest absolute Gasteiger partial charge is 0.326 e. The van der Waals surface area contributed by atoms with Crippen molar-refractivity contribution >= 4 is 17.6 Å². The summed E-state index contributed by atoms with van der Waals surface area (Å²) in [4.78, 5) is 27.2. The summed E-state index contributed by atoms with van der Waals surface area (Å²) in [6.45, 7) is 9.82. The van der Waals surface area contributed by atoms with Crippen LogP contribution in [0, 0.1) is 23.7 Å². The molecule has 0 radical (unpaired) electrons. The predicted molar refractivity (Wildman–Crippen MR) is 139 cm³/mol. The number of carboxylic acids is 1. The molecule has 194 valence electrons. The van der Waals surface area contributed by atoms with Gasteiger partial charge in [0.15, 0.2) is 0 Å². The van der Waals surface area contributed by atoms with E-state index in [2.05, 4.69) is 11.2 Å². The highest BCUT2D eigenvalue weighted by molar-refractivity contribution is 6.09. The molecule has 0 fully saturated rings. The van der Waals surface area contributed by atoms with E-state index < -0.39 is 17.9 Å². The lowest BCUT2D eigenvalue weighted by Gasteiger charge is -2.29. The first-order chi connectivity index (χ1) is 17.5. The Balaban J connectivity index is 2.04. The first-order valence-corrected chi connectivity index (χ1v) is 11.9. The predicted octanol–water partition coefficient (Wildman–Crippen LogP) is 5.00. The van der Waals surface area contributed by atoms with E-state index in [1.165, 1.54) is 11.0 Å². The lowest BCUT2D eigenvalue weighted by molar-refractivity contribution is -0.138. The molecule has 1 N–H and O–H groups in total. The lowest BCUT2D eigenvalue weighted by Crippen LogP contribution is -2.45. The molecule has 1 unspecified atom stereocenters. The zero-order valence-electron chi connectivity index (χ0n) is 22.0. The van der Waals surface area contributed by atoms with Crippen LogP contribution in [0.15, 0.2) is 48.7 Å². The number of carboxylic acid groups (broad SMARTS) is 1. The standard InChI is InChI=1S/C28H32N4O5/c1-7-24(27(34)35)32(21-10-13-25(19(14-21)15-29)37-17-28(3,4)5)26(33)23-16-31(30-18(23)2)20-8-11-22(36-6)12-9-20/h8-14,16,24H,7,17H2,1-6H3,(H,34,35). The van der Waals surface area contributed by atoms with Crippen LogP contribution >= 0.6 is 0 Å². The summed E-state index contributed by atoms with van der Waals surface area (Å²) in [5.74, 6) is -0.618. The number of rotatable bonds is 9. The normalized spacial score (nSPS) is 11.9. The second-order valence-corrected chi connectivity index (χ2v) is 9.85. The summed E-state index contributed by atoms with van der Waals surface area (Å²) in [6.07, 6.45) is 1.74. The van der Waals surface area contributed by atoms with Crippen LogP contribution in [0.25, 0.3) is 5.69 Å². The van der Waals surface area contributed by atoms with Gasteiger partial charge in [0, 0.05) is 11.9 Å². The quantitative estimate of drug-likeness (QED) is 0.436. The van der Waals surface area contributed by atoms with Crippen LogP contribution in [0.4, 0.5) is 5.69 Å². The van der Waals surface area contributed by atoms with E-state index in [1.54, 1.807) is 68.2 Å². The SMILES string of the molecule is CCC(C(=O)O)N(C(=O)c1cn(-c2ccc(OC)cc2)nc1C)c1ccc(OCC(C)(C)C)c(C#N)c1. The van der Waals surface area contributed by atoms with Crippen molar-refractivity contribution in [3.63, 3.8) is 0 Å². The molecule has 0 bridgehead atoms. The maximum atomic E-state index is 13.8. The number of carbonyl (C=O) groups excluding carboxylic acids is 1. The number of hydrogen-bond acceptors (Lipinski definition) is 6. The number of nitriles is 1. The third kappa shape index (κ3) is 6.28. The average molecular weight is 505 g/mol. The number of benzene rings is 2. The first kappa shape index (κ1) is 27.3. The molecule has 0 aliphatic heterocycles. The van der Waals surface area contributed by atoms with Crippen molar-refractivity contribution in [3.05, 3.63) is 65.5 Å². The highest BCUT2D eigenvalue weighted by Gasteiger charge is 2.33. The fraction of sp³-hybridized carbons (Fsp3) is 0.357. The van der Waals surface area contributed by atoms with Crippen molar-refractivity contribution in [1.29, 1.82) is 5.26 Å². The van der Waals surface area contributed by atoms with Gasteiger partial charge in [-0.05, 0) is 61.2 Å². The van der Waals surface area contributed by atoms with Gasteiger partial charge in [-0.3, -0.25) is 9.69 Å². The molecule has 37 heavy (non-hydrogen) atoms. The van der Waals surface area contributed by atoms with E-state index in [1.807, 2.05) is 20.8 Å². The Labute approximate surface area is 216 Å². The zero-order chi connectivity index (χ0) is 27.3. The summed E-state index contributed by atoms with van der Waals surface area (Å²) < 4.78 is 12.6. The molecule has 1 atom stereocenters. The van der Waals surface area contributed by atoms with Crippen LogP contribution in [-0.2, 0) is 4.79 Å². The molecule has 1 aromatic heterocycles. The Bertz CT molecular complexity index is 1320. The van der Waals surface area contributed by atoms with E-state index in [-0.39, 0.29) is 28.7 Å². The monoisotopic (exact) mass is 504 g/mol. The Morgan fingerprint density at radius 3 is 2.41 bits per heavy atom. The second kappa shape index (κ2) is 11.2. The number of amides is 1. The van der Waals surface area contributed by atoms with Gasteiger partial charge in [-0.2, -0.15) is 10.4 Å². The van der Waals surface area contributed by atoms with Crippen LogP contribution < -0.4 is 14.4 Å². The van der Waals surface area contributed by atoms with Crippen LogP contribution in [0.3, 0.4) is 0 Å². The molecular weight excluding hydrogens is 472 g/mol. The van der Waals surface area contributed by atoms with Gasteiger partial charge in [-0.1, -0.05) is 27.7 Å². The molecule has 3 aromatic rings. The number of nitrogens with zero attached hydrogens (tertiary/aromatic N) is 4. The fourth-order valence-corrected chi connectivity index (χ4v) is 3.75. The third-order valence-corrected chi connectivity index (χ3v) is 5.69. The van der Waals surface area contributed by atoms with Crippen molar-refractivity contribution in [2.45, 2.75) is 47.1 Å². The molecule has 9 nitrogen and oxygen atoms in total. The van der Waals surface area contributed by atoms with Gasteiger partial charge in [0.2, 0.25) is 0 Å². The molecule has 0 saturated carbocycles. The highest BCUT2D eigenvalue weighted by atomic mass is 16.5. The molecule has 3 rings (SSSR count). The lowest BCUT2D eigenvalue weighted by atomic mass is 9.98. The number of aryl methyl sites for hydroxylation is 1. The molecule has 0 aliphatic rings. The van der Waals surface area contributed by atoms with Crippen LogP contribution in [0.5, 0.6) is 11.5 Å². The Morgan fingerprint density at radius 2 is 1.86 bits per heavy atom. The zero-order valence-corrected chi connectivity index (χ0v) is 22.0. The first-order valence-electron chi connectivity index (χ1n) is 11.9. The van der Waals surface area contributed by atoms with Gasteiger partial charge in [0.1, 0.15) is 23.6 Å². The molecule has 0 spiro atoms. The summed E-state index contributed by atoms with van der Waals surface area (Å²) in [6, 6.07) is 12.8. The molecular formula is C28H32N4O5. The molecule has 0 aliphatic carbocycles. The van der Waals surface area contributed by atoms with Crippen LogP contribution in [-0.4, -0.2) is 46.5 Å². The van der Waals surface area contributed by atoms with Crippen molar-refractivity contribution in [1.82, 2.24) is 9.78 Å². The van der Waals surface area contributed by atoms with Gasteiger partial charge in [0.05, 0.1) is 36.2 Å². The van der Waals surface area contributed by atoms with Crippen molar-refractivity contribution in [2.75, 3.05) is 18.6 Å². The highest BCUT2D eigenvalue weighted by Crippen LogP contribution is 2.30. The second-order valence-electron chi connectivity index (χ2n) is 9.85. The summed E-state index contributed by atoms with van der Waals surface area (Å²) >= 11 is 0. The summed E-state index contributed by atoms with van der Waals surface area (Å²) in [5, 5.41) is 24.2. The van der Waals surface area contributed by atoms with E-state index >= 15 is 0 Å². The van der Waals surface area contributed by atoms with Gasteiger partial charge in [-0.25, -0.2) is 9.48 Å². The molecule has 2 aromatic carbocycles. The largest absolute Gasteiger partial charge is 0.497 e. The van der Waals surface area contributed by atoms with E-state index in [0.29, 0.717) is 29.5 Å². The van der Waals surface area contributed by atoms with Gasteiger partial charge < -0.3 is 14.6 Å².